The monoisotopic (exact) mass is 327 g/mol. The number of carbonyl (C=O) groups excluding carboxylic acids is 1. The van der Waals surface area contributed by atoms with Crippen molar-refractivity contribution in [3.05, 3.63) is 36.0 Å². The van der Waals surface area contributed by atoms with Gasteiger partial charge in [0.05, 0.1) is 5.92 Å². The van der Waals surface area contributed by atoms with Crippen LogP contribution in [0.15, 0.2) is 24.7 Å². The van der Waals surface area contributed by atoms with Crippen LogP contribution in [0.25, 0.3) is 0 Å². The van der Waals surface area contributed by atoms with Crippen LogP contribution in [-0.4, -0.2) is 44.5 Å². The van der Waals surface area contributed by atoms with E-state index >= 15 is 0 Å². The van der Waals surface area contributed by atoms with Crippen molar-refractivity contribution < 1.29 is 4.79 Å². The molecule has 1 amide bonds. The third-order valence-electron chi connectivity index (χ3n) is 3.92. The van der Waals surface area contributed by atoms with Crippen LogP contribution in [0.5, 0.6) is 0 Å². The van der Waals surface area contributed by atoms with Gasteiger partial charge in [-0.1, -0.05) is 6.07 Å². The molecule has 1 aliphatic rings. The van der Waals surface area contributed by atoms with Crippen molar-refractivity contribution in [2.45, 2.75) is 32.2 Å². The van der Waals surface area contributed by atoms with Crippen LogP contribution in [-0.2, 0) is 4.79 Å². The van der Waals surface area contributed by atoms with Gasteiger partial charge in [0.1, 0.15) is 23.5 Å². The lowest BCUT2D eigenvalue weighted by molar-refractivity contribution is -0.124. The second-order valence-electron chi connectivity index (χ2n) is 6.15. The van der Waals surface area contributed by atoms with Gasteiger partial charge in [0, 0.05) is 24.8 Å². The van der Waals surface area contributed by atoms with Gasteiger partial charge in [-0.15, -0.1) is 0 Å². The van der Waals surface area contributed by atoms with Crippen molar-refractivity contribution in [1.82, 2.24) is 25.3 Å². The van der Waals surface area contributed by atoms with Crippen LogP contribution in [0, 0.1) is 0 Å². The molecule has 3 heterocycles. The summed E-state index contributed by atoms with van der Waals surface area (Å²) in [6, 6.07) is 3.92. The molecule has 0 aliphatic carbocycles. The van der Waals surface area contributed by atoms with E-state index in [4.69, 9.17) is 0 Å². The molecule has 3 rings (SSSR count). The minimum Gasteiger partial charge on any atom is -0.369 e. The van der Waals surface area contributed by atoms with Crippen LogP contribution in [0.2, 0.25) is 0 Å². The average Bonchev–Trinajstić information content (AvgIpc) is 2.99. The molecule has 0 bridgehead atoms. The Labute approximate surface area is 140 Å². The molecule has 8 heteroatoms. The third-order valence-corrected chi connectivity index (χ3v) is 3.92. The number of carbonyl (C=O) groups is 1. The molecule has 8 nitrogen and oxygen atoms in total. The van der Waals surface area contributed by atoms with Crippen molar-refractivity contribution in [2.75, 3.05) is 23.7 Å². The van der Waals surface area contributed by atoms with E-state index in [-0.39, 0.29) is 11.8 Å². The number of anilines is 2. The summed E-state index contributed by atoms with van der Waals surface area (Å²) >= 11 is 0. The number of aromatic nitrogens is 4. The minimum absolute atomic E-state index is 0.0184. The molecule has 0 saturated carbocycles. The van der Waals surface area contributed by atoms with Gasteiger partial charge in [0.25, 0.3) is 0 Å². The summed E-state index contributed by atoms with van der Waals surface area (Å²) in [6.07, 6.45) is 3.22. The van der Waals surface area contributed by atoms with Gasteiger partial charge in [-0.2, -0.15) is 4.98 Å². The quantitative estimate of drug-likeness (QED) is 0.756. The van der Waals surface area contributed by atoms with Gasteiger partial charge >= 0.3 is 0 Å². The highest BCUT2D eigenvalue weighted by molar-refractivity contribution is 5.87. The number of hydrogen-bond acceptors (Lipinski definition) is 7. The molecular formula is C16H21N7O. The van der Waals surface area contributed by atoms with Crippen LogP contribution in [0.1, 0.15) is 38.1 Å². The van der Waals surface area contributed by atoms with Crippen LogP contribution >= 0.6 is 0 Å². The number of nitrogens with one attached hydrogen (secondary N) is 3. The fourth-order valence-corrected chi connectivity index (χ4v) is 2.64. The molecule has 0 radical (unpaired) electrons. The molecule has 2 aromatic rings. The van der Waals surface area contributed by atoms with Gasteiger partial charge in [-0.3, -0.25) is 4.79 Å². The zero-order valence-corrected chi connectivity index (χ0v) is 14.0. The van der Waals surface area contributed by atoms with Crippen LogP contribution in [0.3, 0.4) is 0 Å². The Morgan fingerprint density at radius 3 is 3.00 bits per heavy atom. The van der Waals surface area contributed by atoms with Gasteiger partial charge in [0.2, 0.25) is 11.9 Å². The molecule has 1 aliphatic heterocycles. The molecular weight excluding hydrogens is 306 g/mol. The Bertz CT molecular complexity index is 747. The lowest BCUT2D eigenvalue weighted by Gasteiger charge is -2.25. The van der Waals surface area contributed by atoms with Crippen molar-refractivity contribution >= 4 is 17.7 Å². The van der Waals surface area contributed by atoms with E-state index in [0.717, 1.165) is 11.4 Å². The SMILES string of the molecule is CCNC(=O)C(C)(C)Nc1ncnc(C2CNc3ncccc32)n1. The molecule has 3 N–H and O–H groups in total. The molecule has 1 unspecified atom stereocenters. The fraction of sp³-hybridized carbons (Fsp3) is 0.438. The maximum absolute atomic E-state index is 12.1. The number of pyridine rings is 1. The zero-order chi connectivity index (χ0) is 17.2. The van der Waals surface area contributed by atoms with Crippen molar-refractivity contribution in [1.29, 1.82) is 0 Å². The average molecular weight is 327 g/mol. The number of amides is 1. The first-order chi connectivity index (χ1) is 11.5. The van der Waals surface area contributed by atoms with E-state index in [1.807, 2.05) is 19.1 Å². The molecule has 2 aromatic heterocycles. The summed E-state index contributed by atoms with van der Waals surface area (Å²) < 4.78 is 0. The molecule has 1 atom stereocenters. The summed E-state index contributed by atoms with van der Waals surface area (Å²) in [5, 5.41) is 9.13. The second kappa shape index (κ2) is 6.38. The summed E-state index contributed by atoms with van der Waals surface area (Å²) in [6.45, 7) is 6.72. The summed E-state index contributed by atoms with van der Waals surface area (Å²) in [7, 11) is 0. The molecule has 0 fully saturated rings. The predicted molar refractivity (Wildman–Crippen MR) is 90.8 cm³/mol. The van der Waals surface area contributed by atoms with E-state index in [1.165, 1.54) is 6.33 Å². The second-order valence-corrected chi connectivity index (χ2v) is 6.15. The van der Waals surface area contributed by atoms with E-state index in [1.54, 1.807) is 20.0 Å². The maximum Gasteiger partial charge on any atom is 0.245 e. The number of likely N-dealkylation sites (N-methyl/N-ethyl adjacent to an activating group) is 1. The largest absolute Gasteiger partial charge is 0.369 e. The smallest absolute Gasteiger partial charge is 0.245 e. The minimum atomic E-state index is -0.817. The number of rotatable bonds is 5. The molecule has 0 saturated heterocycles. The third kappa shape index (κ3) is 3.12. The van der Waals surface area contributed by atoms with Gasteiger partial charge < -0.3 is 16.0 Å². The highest BCUT2D eigenvalue weighted by Crippen LogP contribution is 2.32. The van der Waals surface area contributed by atoms with Crippen molar-refractivity contribution in [3.8, 4) is 0 Å². The normalized spacial score (nSPS) is 16.2. The number of fused-ring (bicyclic) bond motifs is 1. The predicted octanol–water partition coefficient (Wildman–Crippen LogP) is 1.15. The first-order valence-corrected chi connectivity index (χ1v) is 7.95. The Morgan fingerprint density at radius 1 is 1.38 bits per heavy atom. The highest BCUT2D eigenvalue weighted by Gasteiger charge is 2.30. The standard InChI is InChI=1S/C16H21N7O/c1-4-17-14(24)16(2,3)23-15-21-9-20-13(22-15)11-8-19-12-10(11)6-5-7-18-12/h5-7,9,11H,4,8H2,1-3H3,(H,17,24)(H,18,19)(H,20,21,22,23). The Balaban J connectivity index is 1.82. The van der Waals surface area contributed by atoms with Gasteiger partial charge in [0.15, 0.2) is 0 Å². The zero-order valence-electron chi connectivity index (χ0n) is 14.0. The van der Waals surface area contributed by atoms with Crippen molar-refractivity contribution in [2.24, 2.45) is 0 Å². The molecule has 24 heavy (non-hydrogen) atoms. The van der Waals surface area contributed by atoms with Gasteiger partial charge in [-0.25, -0.2) is 15.0 Å². The van der Waals surface area contributed by atoms with E-state index in [2.05, 4.69) is 35.9 Å². The summed E-state index contributed by atoms with van der Waals surface area (Å²) in [5.74, 6) is 1.81. The Hall–Kier alpha value is -2.77. The first kappa shape index (κ1) is 16.1. The molecule has 126 valence electrons. The van der Waals surface area contributed by atoms with E-state index in [9.17, 15) is 4.79 Å². The van der Waals surface area contributed by atoms with Gasteiger partial charge in [-0.05, 0) is 26.8 Å². The number of nitrogens with zero attached hydrogens (tertiary/aromatic N) is 4. The lowest BCUT2D eigenvalue weighted by atomic mass is 10.0. The van der Waals surface area contributed by atoms with E-state index < -0.39 is 5.54 Å². The summed E-state index contributed by atoms with van der Waals surface area (Å²) in [5.41, 5.74) is 0.250. The van der Waals surface area contributed by atoms with Crippen molar-refractivity contribution in [3.63, 3.8) is 0 Å². The Kier molecular flexibility index (Phi) is 4.28. The van der Waals surface area contributed by atoms with Crippen LogP contribution in [0.4, 0.5) is 11.8 Å². The lowest BCUT2D eigenvalue weighted by Crippen LogP contribution is -2.48. The maximum atomic E-state index is 12.1. The van der Waals surface area contributed by atoms with Crippen LogP contribution < -0.4 is 16.0 Å². The molecule has 0 spiro atoms. The summed E-state index contributed by atoms with van der Waals surface area (Å²) in [4.78, 5) is 29.4. The molecule has 0 aromatic carbocycles. The fourth-order valence-electron chi connectivity index (χ4n) is 2.64. The Morgan fingerprint density at radius 2 is 2.21 bits per heavy atom. The highest BCUT2D eigenvalue weighted by atomic mass is 16.2. The number of hydrogen-bond donors (Lipinski definition) is 3. The topological polar surface area (TPSA) is 105 Å². The van der Waals surface area contributed by atoms with E-state index in [0.29, 0.717) is 24.9 Å². The first-order valence-electron chi connectivity index (χ1n) is 7.95.